The molecule has 162 valence electrons. The maximum absolute atomic E-state index is 13.3. The molecule has 0 unspecified atom stereocenters. The lowest BCUT2D eigenvalue weighted by molar-refractivity contribution is -0.119. The molecule has 0 radical (unpaired) electrons. The van der Waals surface area contributed by atoms with Crippen LogP contribution in [0.15, 0.2) is 52.3 Å². The number of rotatable bonds is 8. The molecule has 1 atom stereocenters. The van der Waals surface area contributed by atoms with E-state index in [9.17, 15) is 14.0 Å². The second-order valence-electron chi connectivity index (χ2n) is 7.16. The third-order valence-corrected chi connectivity index (χ3v) is 6.86. The van der Waals surface area contributed by atoms with Crippen molar-refractivity contribution in [2.24, 2.45) is 0 Å². The number of hydrogen-bond acceptors (Lipinski definition) is 6. The number of thioether (sulfide) groups is 1. The Labute approximate surface area is 187 Å². The molecule has 3 heterocycles. The van der Waals surface area contributed by atoms with Gasteiger partial charge in [0, 0.05) is 30.6 Å². The summed E-state index contributed by atoms with van der Waals surface area (Å²) in [7, 11) is 0. The number of benzene rings is 1. The number of hydrogen-bond donors (Lipinski definition) is 1. The summed E-state index contributed by atoms with van der Waals surface area (Å²) in [5.41, 5.74) is 1.28. The summed E-state index contributed by atoms with van der Waals surface area (Å²) < 4.78 is 20.3. The Balaban J connectivity index is 1.57. The van der Waals surface area contributed by atoms with Gasteiger partial charge in [-0.1, -0.05) is 30.0 Å². The van der Waals surface area contributed by atoms with Crippen molar-refractivity contribution in [2.45, 2.75) is 30.6 Å². The fourth-order valence-corrected chi connectivity index (χ4v) is 5.29. The Morgan fingerprint density at radius 1 is 1.42 bits per heavy atom. The maximum atomic E-state index is 13.3. The predicted octanol–water partition coefficient (Wildman–Crippen LogP) is 3.84. The average Bonchev–Trinajstić information content (AvgIpc) is 3.44. The van der Waals surface area contributed by atoms with Crippen LogP contribution in [0.1, 0.15) is 12.8 Å². The number of thiophene rings is 1. The van der Waals surface area contributed by atoms with Gasteiger partial charge in [-0.3, -0.25) is 14.2 Å². The minimum Gasteiger partial charge on any atom is -0.376 e. The smallest absolute Gasteiger partial charge is 0.263 e. The van der Waals surface area contributed by atoms with E-state index in [1.54, 1.807) is 18.2 Å². The molecule has 3 aromatic rings. The van der Waals surface area contributed by atoms with Crippen molar-refractivity contribution < 1.29 is 13.9 Å². The van der Waals surface area contributed by atoms with Crippen LogP contribution in [0.4, 0.5) is 4.39 Å². The summed E-state index contributed by atoms with van der Waals surface area (Å²) >= 11 is 2.58. The first kappa shape index (κ1) is 21.7. The zero-order chi connectivity index (χ0) is 21.8. The van der Waals surface area contributed by atoms with E-state index in [0.29, 0.717) is 21.9 Å². The number of fused-ring (bicyclic) bond motifs is 1. The van der Waals surface area contributed by atoms with Crippen LogP contribution >= 0.6 is 23.1 Å². The van der Waals surface area contributed by atoms with Crippen LogP contribution in [0.25, 0.3) is 21.3 Å². The third-order valence-electron chi connectivity index (χ3n) is 5.01. The average molecular weight is 460 g/mol. The van der Waals surface area contributed by atoms with Crippen molar-refractivity contribution in [3.63, 3.8) is 0 Å². The van der Waals surface area contributed by atoms with Gasteiger partial charge in [0.2, 0.25) is 5.91 Å². The van der Waals surface area contributed by atoms with Gasteiger partial charge in [0.1, 0.15) is 10.6 Å². The lowest BCUT2D eigenvalue weighted by atomic mass is 10.1. The van der Waals surface area contributed by atoms with E-state index in [1.807, 2.05) is 5.38 Å². The van der Waals surface area contributed by atoms with Gasteiger partial charge < -0.3 is 10.1 Å². The normalized spacial score (nSPS) is 16.0. The zero-order valence-electron chi connectivity index (χ0n) is 16.8. The standard InChI is InChI=1S/C22H22FN3O3S2/c1-2-9-26-21(28)19-17(14-5-7-15(23)8-6-14)12-30-20(19)25-22(26)31-13-18(27)24-11-16-4-3-10-29-16/h2,5-8,12,16H,1,3-4,9-11,13H2,(H,24,27)/t16-/m0/s1. The fourth-order valence-electron chi connectivity index (χ4n) is 3.46. The van der Waals surface area contributed by atoms with E-state index in [4.69, 9.17) is 4.74 Å². The van der Waals surface area contributed by atoms with Gasteiger partial charge >= 0.3 is 0 Å². The predicted molar refractivity (Wildman–Crippen MR) is 122 cm³/mol. The van der Waals surface area contributed by atoms with Crippen molar-refractivity contribution in [3.05, 3.63) is 58.5 Å². The van der Waals surface area contributed by atoms with E-state index in [-0.39, 0.29) is 35.7 Å². The minimum atomic E-state index is -0.332. The second kappa shape index (κ2) is 9.76. The molecule has 1 aliphatic rings. The fraction of sp³-hybridized carbons (Fsp3) is 0.318. The first-order chi connectivity index (χ1) is 15.1. The van der Waals surface area contributed by atoms with Crippen molar-refractivity contribution in [1.29, 1.82) is 0 Å². The third kappa shape index (κ3) is 4.89. The molecule has 1 N–H and O–H groups in total. The number of nitrogens with zero attached hydrogens (tertiary/aromatic N) is 2. The molecule has 1 saturated heterocycles. The van der Waals surface area contributed by atoms with E-state index in [1.165, 1.54) is 39.8 Å². The van der Waals surface area contributed by atoms with E-state index in [2.05, 4.69) is 16.9 Å². The Kier molecular flexibility index (Phi) is 6.84. The molecular formula is C22H22FN3O3S2. The molecule has 31 heavy (non-hydrogen) atoms. The van der Waals surface area contributed by atoms with E-state index < -0.39 is 0 Å². The minimum absolute atomic E-state index is 0.0818. The maximum Gasteiger partial charge on any atom is 0.263 e. The Morgan fingerprint density at radius 3 is 2.94 bits per heavy atom. The quantitative estimate of drug-likeness (QED) is 0.315. The lowest BCUT2D eigenvalue weighted by Gasteiger charge is -2.12. The SMILES string of the molecule is C=CCn1c(SCC(=O)NC[C@@H]2CCCO2)nc2scc(-c3ccc(F)cc3)c2c1=O. The van der Waals surface area contributed by atoms with Gasteiger partial charge in [0.25, 0.3) is 5.56 Å². The van der Waals surface area contributed by atoms with Crippen LogP contribution in [0.5, 0.6) is 0 Å². The summed E-state index contributed by atoms with van der Waals surface area (Å²) in [6, 6.07) is 6.03. The molecule has 2 aromatic heterocycles. The van der Waals surface area contributed by atoms with Crippen molar-refractivity contribution in [2.75, 3.05) is 18.9 Å². The molecular weight excluding hydrogens is 437 g/mol. The number of allylic oxidation sites excluding steroid dienone is 1. The highest BCUT2D eigenvalue weighted by molar-refractivity contribution is 7.99. The molecule has 1 aliphatic heterocycles. The van der Waals surface area contributed by atoms with Gasteiger partial charge in [0.05, 0.1) is 17.2 Å². The number of halogens is 1. The lowest BCUT2D eigenvalue weighted by Crippen LogP contribution is -2.33. The molecule has 1 fully saturated rings. The van der Waals surface area contributed by atoms with Crippen molar-refractivity contribution in [1.82, 2.24) is 14.9 Å². The molecule has 9 heteroatoms. The molecule has 0 spiro atoms. The van der Waals surface area contributed by atoms with E-state index in [0.717, 1.165) is 30.6 Å². The Hall–Kier alpha value is -2.49. The van der Waals surface area contributed by atoms with Gasteiger partial charge in [-0.05, 0) is 30.5 Å². The summed E-state index contributed by atoms with van der Waals surface area (Å²) in [5.74, 6) is -0.307. The number of carbonyl (C=O) groups is 1. The molecule has 1 amide bonds. The summed E-state index contributed by atoms with van der Waals surface area (Å²) in [6.45, 7) is 5.26. The number of nitrogens with one attached hydrogen (secondary N) is 1. The number of ether oxygens (including phenoxy) is 1. The van der Waals surface area contributed by atoms with Crippen molar-refractivity contribution >= 4 is 39.2 Å². The Bertz CT molecular complexity index is 1150. The summed E-state index contributed by atoms with van der Waals surface area (Å²) in [4.78, 5) is 30.8. The highest BCUT2D eigenvalue weighted by Gasteiger charge is 2.19. The molecule has 0 aliphatic carbocycles. The zero-order valence-corrected chi connectivity index (χ0v) is 18.4. The largest absolute Gasteiger partial charge is 0.376 e. The van der Waals surface area contributed by atoms with Crippen LogP contribution < -0.4 is 10.9 Å². The molecule has 6 nitrogen and oxygen atoms in total. The molecule has 0 bridgehead atoms. The first-order valence-electron chi connectivity index (χ1n) is 9.97. The van der Waals surface area contributed by atoms with Crippen molar-refractivity contribution in [3.8, 4) is 11.1 Å². The van der Waals surface area contributed by atoms with Gasteiger partial charge in [-0.2, -0.15) is 0 Å². The summed E-state index contributed by atoms with van der Waals surface area (Å²) in [5, 5.41) is 5.70. The van der Waals surface area contributed by atoms with Crippen LogP contribution in [-0.4, -0.2) is 40.5 Å². The monoisotopic (exact) mass is 459 g/mol. The first-order valence-corrected chi connectivity index (χ1v) is 11.8. The van der Waals surface area contributed by atoms with E-state index >= 15 is 0 Å². The van der Waals surface area contributed by atoms with Crippen LogP contribution in [0.2, 0.25) is 0 Å². The number of aromatic nitrogens is 2. The second-order valence-corrected chi connectivity index (χ2v) is 8.96. The highest BCUT2D eigenvalue weighted by Crippen LogP contribution is 2.32. The number of amides is 1. The van der Waals surface area contributed by atoms with Gasteiger partial charge in [-0.25, -0.2) is 9.37 Å². The summed E-state index contributed by atoms with van der Waals surface area (Å²) in [6.07, 6.45) is 3.69. The topological polar surface area (TPSA) is 73.2 Å². The van der Waals surface area contributed by atoms with Crippen LogP contribution in [-0.2, 0) is 16.1 Å². The molecule has 4 rings (SSSR count). The van der Waals surface area contributed by atoms with Crippen LogP contribution in [0.3, 0.4) is 0 Å². The Morgan fingerprint density at radius 2 is 2.23 bits per heavy atom. The van der Waals surface area contributed by atoms with Gasteiger partial charge in [-0.15, -0.1) is 17.9 Å². The van der Waals surface area contributed by atoms with Gasteiger partial charge in [0.15, 0.2) is 5.16 Å². The number of carbonyl (C=O) groups excluding carboxylic acids is 1. The highest BCUT2D eigenvalue weighted by atomic mass is 32.2. The molecule has 0 saturated carbocycles. The molecule has 1 aromatic carbocycles. The van der Waals surface area contributed by atoms with Crippen LogP contribution in [0, 0.1) is 5.82 Å².